The Morgan fingerprint density at radius 1 is 1.04 bits per heavy atom. The maximum Gasteiger partial charge on any atom is 0.435 e. The van der Waals surface area contributed by atoms with Crippen molar-refractivity contribution in [1.82, 2.24) is 9.78 Å². The van der Waals surface area contributed by atoms with Crippen LogP contribution in [-0.2, 0) is 16.0 Å². The highest BCUT2D eigenvalue weighted by atomic mass is 35.5. The second kappa shape index (κ2) is 7.34. The van der Waals surface area contributed by atoms with Crippen molar-refractivity contribution in [3.8, 4) is 17.5 Å². The van der Waals surface area contributed by atoms with Crippen LogP contribution in [0, 0.1) is 11.8 Å². The van der Waals surface area contributed by atoms with Crippen molar-refractivity contribution < 1.29 is 21.6 Å². The van der Waals surface area contributed by atoms with Gasteiger partial charge in [-0.3, -0.25) is 0 Å². The first-order valence-electron chi connectivity index (χ1n) is 7.80. The SMILES string of the molecule is CS(=O)(=O)c1ccc(C#Cc2cc(C(F)(F)F)nn2-c2ccccc2Cl)cc1. The molecule has 0 spiro atoms. The molecule has 0 aliphatic carbocycles. The van der Waals surface area contributed by atoms with Crippen molar-refractivity contribution in [2.45, 2.75) is 11.1 Å². The molecule has 0 radical (unpaired) electrons. The topological polar surface area (TPSA) is 52.0 Å². The largest absolute Gasteiger partial charge is 0.435 e. The molecule has 3 rings (SSSR count). The summed E-state index contributed by atoms with van der Waals surface area (Å²) in [5.74, 6) is 5.37. The Kier molecular flexibility index (Phi) is 5.24. The molecule has 1 aromatic heterocycles. The van der Waals surface area contributed by atoms with Gasteiger partial charge in [-0.15, -0.1) is 0 Å². The number of nitrogens with zero attached hydrogens (tertiary/aromatic N) is 2. The molecule has 4 nitrogen and oxygen atoms in total. The van der Waals surface area contributed by atoms with Crippen LogP contribution in [0.1, 0.15) is 17.0 Å². The maximum absolute atomic E-state index is 13.1. The highest BCUT2D eigenvalue weighted by Gasteiger charge is 2.35. The Morgan fingerprint density at radius 2 is 1.68 bits per heavy atom. The third-order valence-corrected chi connectivity index (χ3v) is 5.15. The van der Waals surface area contributed by atoms with Crippen molar-refractivity contribution in [1.29, 1.82) is 0 Å². The Labute approximate surface area is 164 Å². The van der Waals surface area contributed by atoms with Gasteiger partial charge in [0.2, 0.25) is 0 Å². The average Bonchev–Trinajstić information content (AvgIpc) is 3.04. The van der Waals surface area contributed by atoms with Crippen LogP contribution in [0.5, 0.6) is 0 Å². The van der Waals surface area contributed by atoms with Gasteiger partial charge in [-0.25, -0.2) is 13.1 Å². The Balaban J connectivity index is 2.06. The van der Waals surface area contributed by atoms with Crippen LogP contribution in [0.3, 0.4) is 0 Å². The number of rotatable bonds is 2. The van der Waals surface area contributed by atoms with Gasteiger partial charge >= 0.3 is 6.18 Å². The van der Waals surface area contributed by atoms with E-state index >= 15 is 0 Å². The summed E-state index contributed by atoms with van der Waals surface area (Å²) in [7, 11) is -3.35. The van der Waals surface area contributed by atoms with Gasteiger partial charge in [0.25, 0.3) is 0 Å². The zero-order valence-electron chi connectivity index (χ0n) is 14.3. The van der Waals surface area contributed by atoms with E-state index < -0.39 is 21.7 Å². The van der Waals surface area contributed by atoms with Crippen LogP contribution in [0.25, 0.3) is 5.69 Å². The summed E-state index contributed by atoms with van der Waals surface area (Å²) < 4.78 is 63.3. The lowest BCUT2D eigenvalue weighted by Crippen LogP contribution is -2.07. The van der Waals surface area contributed by atoms with Crippen molar-refractivity contribution in [2.75, 3.05) is 6.26 Å². The number of para-hydroxylation sites is 1. The van der Waals surface area contributed by atoms with Gasteiger partial charge in [-0.2, -0.15) is 18.3 Å². The maximum atomic E-state index is 13.1. The summed E-state index contributed by atoms with van der Waals surface area (Å²) in [5, 5.41) is 3.82. The monoisotopic (exact) mass is 424 g/mol. The fraction of sp³-hybridized carbons (Fsp3) is 0.105. The first kappa shape index (κ1) is 20.0. The van der Waals surface area contributed by atoms with E-state index in [1.807, 2.05) is 0 Å². The molecule has 0 unspecified atom stereocenters. The molecule has 144 valence electrons. The molecule has 0 atom stereocenters. The molecule has 28 heavy (non-hydrogen) atoms. The molecule has 9 heteroatoms. The van der Waals surface area contributed by atoms with Crippen molar-refractivity contribution >= 4 is 21.4 Å². The van der Waals surface area contributed by atoms with Crippen LogP contribution in [0.4, 0.5) is 13.2 Å². The predicted molar refractivity (Wildman–Crippen MR) is 99.1 cm³/mol. The Morgan fingerprint density at radius 3 is 2.25 bits per heavy atom. The van der Waals surface area contributed by atoms with Crippen LogP contribution >= 0.6 is 11.6 Å². The third kappa shape index (κ3) is 4.38. The van der Waals surface area contributed by atoms with E-state index in [9.17, 15) is 21.6 Å². The fourth-order valence-corrected chi connectivity index (χ4v) is 3.18. The van der Waals surface area contributed by atoms with E-state index in [0.717, 1.165) is 17.0 Å². The van der Waals surface area contributed by atoms with Gasteiger partial charge in [0.1, 0.15) is 5.69 Å². The van der Waals surface area contributed by atoms with Gasteiger partial charge in [0.05, 0.1) is 15.6 Å². The predicted octanol–water partition coefficient (Wildman–Crippen LogP) is 4.35. The number of benzene rings is 2. The molecule has 0 aliphatic heterocycles. The van der Waals surface area contributed by atoms with Gasteiger partial charge < -0.3 is 0 Å². The number of hydrogen-bond donors (Lipinski definition) is 0. The number of hydrogen-bond acceptors (Lipinski definition) is 3. The highest BCUT2D eigenvalue weighted by molar-refractivity contribution is 7.90. The lowest BCUT2D eigenvalue weighted by molar-refractivity contribution is -0.141. The highest BCUT2D eigenvalue weighted by Crippen LogP contribution is 2.30. The molecular weight excluding hydrogens is 413 g/mol. The van der Waals surface area contributed by atoms with E-state index in [4.69, 9.17) is 11.6 Å². The quantitative estimate of drug-likeness (QED) is 0.575. The number of sulfone groups is 1. The van der Waals surface area contributed by atoms with E-state index in [2.05, 4.69) is 16.9 Å². The first-order valence-corrected chi connectivity index (χ1v) is 10.1. The van der Waals surface area contributed by atoms with Crippen LogP contribution in [0.15, 0.2) is 59.5 Å². The van der Waals surface area contributed by atoms with E-state index in [1.54, 1.807) is 12.1 Å². The summed E-state index contributed by atoms with van der Waals surface area (Å²) in [4.78, 5) is 0.124. The summed E-state index contributed by atoms with van der Waals surface area (Å²) in [5.41, 5.74) is -0.402. The van der Waals surface area contributed by atoms with Crippen LogP contribution in [-0.4, -0.2) is 24.5 Å². The molecule has 0 N–H and O–H groups in total. The lowest BCUT2D eigenvalue weighted by atomic mass is 10.2. The fourth-order valence-electron chi connectivity index (χ4n) is 2.34. The minimum Gasteiger partial charge on any atom is -0.224 e. The normalized spacial score (nSPS) is 11.8. The average molecular weight is 425 g/mol. The molecule has 1 heterocycles. The zero-order valence-corrected chi connectivity index (χ0v) is 15.9. The van der Waals surface area contributed by atoms with Crippen LogP contribution < -0.4 is 0 Å². The Hall–Kier alpha value is -2.76. The van der Waals surface area contributed by atoms with Gasteiger partial charge in [0, 0.05) is 17.9 Å². The summed E-state index contributed by atoms with van der Waals surface area (Å²) in [6.07, 6.45) is -3.56. The molecule has 3 aromatic rings. The minimum absolute atomic E-state index is 0.00684. The van der Waals surface area contributed by atoms with Crippen LogP contribution in [0.2, 0.25) is 5.02 Å². The van der Waals surface area contributed by atoms with E-state index in [-0.39, 0.29) is 21.3 Å². The molecular formula is C19H12ClF3N2O2S. The third-order valence-electron chi connectivity index (χ3n) is 3.70. The van der Waals surface area contributed by atoms with Gasteiger partial charge in [0.15, 0.2) is 15.5 Å². The van der Waals surface area contributed by atoms with Crippen molar-refractivity contribution in [2.24, 2.45) is 0 Å². The minimum atomic E-state index is -4.64. The molecule has 0 amide bonds. The molecule has 0 saturated carbocycles. The van der Waals surface area contributed by atoms with Crippen molar-refractivity contribution in [3.05, 3.63) is 76.6 Å². The molecule has 2 aromatic carbocycles. The first-order chi connectivity index (χ1) is 13.1. The lowest BCUT2D eigenvalue weighted by Gasteiger charge is -2.06. The van der Waals surface area contributed by atoms with E-state index in [1.165, 1.54) is 36.4 Å². The zero-order chi connectivity index (χ0) is 20.5. The summed E-state index contributed by atoms with van der Waals surface area (Å²) in [6, 6.07) is 12.9. The summed E-state index contributed by atoms with van der Waals surface area (Å²) >= 11 is 6.08. The Bertz CT molecular complexity index is 1190. The molecule has 0 saturated heterocycles. The second-order valence-electron chi connectivity index (χ2n) is 5.82. The molecule has 0 aliphatic rings. The number of aromatic nitrogens is 2. The number of alkyl halides is 3. The number of halogens is 4. The molecule has 0 bridgehead atoms. The summed E-state index contributed by atoms with van der Waals surface area (Å²) in [6.45, 7) is 0. The second-order valence-corrected chi connectivity index (χ2v) is 8.25. The standard InChI is InChI=1S/C19H12ClF3N2O2S/c1-28(26,27)15-10-7-13(8-11-15)6-9-14-12-18(19(21,22)23)24-25(14)17-5-3-2-4-16(17)20/h2-5,7-8,10-12H,1H3. The van der Waals surface area contributed by atoms with Gasteiger partial charge in [-0.05, 0) is 42.3 Å². The van der Waals surface area contributed by atoms with E-state index in [0.29, 0.717) is 5.56 Å². The van der Waals surface area contributed by atoms with Gasteiger partial charge in [-0.1, -0.05) is 29.7 Å². The molecule has 0 fully saturated rings. The van der Waals surface area contributed by atoms with Crippen molar-refractivity contribution in [3.63, 3.8) is 0 Å². The smallest absolute Gasteiger partial charge is 0.224 e.